The van der Waals surface area contributed by atoms with Crippen LogP contribution in [0.2, 0.25) is 5.02 Å². The van der Waals surface area contributed by atoms with Crippen molar-refractivity contribution in [3.8, 4) is 11.4 Å². The fraction of sp³-hybridized carbons (Fsp3) is 0.318. The molecule has 164 valence electrons. The first-order valence-corrected chi connectivity index (χ1v) is 10.5. The number of nitrogens with one attached hydrogen (secondary N) is 1. The van der Waals surface area contributed by atoms with Gasteiger partial charge in [-0.2, -0.15) is 5.10 Å². The van der Waals surface area contributed by atoms with Gasteiger partial charge in [0.2, 0.25) is 0 Å². The summed E-state index contributed by atoms with van der Waals surface area (Å²) in [5, 5.41) is 7.13. The van der Waals surface area contributed by atoms with Crippen LogP contribution in [0.3, 0.4) is 0 Å². The molecular weight excluding hydrogens is 437 g/mol. The Morgan fingerprint density at radius 1 is 1.22 bits per heavy atom. The minimum atomic E-state index is -0.588. The molecule has 0 aliphatic heterocycles. The van der Waals surface area contributed by atoms with Crippen LogP contribution in [0.4, 0.5) is 4.39 Å². The van der Waals surface area contributed by atoms with Gasteiger partial charge in [0.05, 0.1) is 10.7 Å². The Hall–Kier alpha value is -3.33. The van der Waals surface area contributed by atoms with Gasteiger partial charge >= 0.3 is 0 Å². The molecule has 8 nitrogen and oxygen atoms in total. The summed E-state index contributed by atoms with van der Waals surface area (Å²) in [7, 11) is 0. The van der Waals surface area contributed by atoms with Crippen LogP contribution in [0.1, 0.15) is 36.2 Å². The van der Waals surface area contributed by atoms with Gasteiger partial charge in [0.15, 0.2) is 5.78 Å². The van der Waals surface area contributed by atoms with E-state index in [4.69, 9.17) is 16.3 Å². The minimum Gasteiger partial charge on any atom is -0.486 e. The third-order valence-corrected chi connectivity index (χ3v) is 6.35. The molecule has 6 rings (SSSR count). The number of benzene rings is 1. The van der Waals surface area contributed by atoms with Crippen molar-refractivity contribution < 1.29 is 18.7 Å². The summed E-state index contributed by atoms with van der Waals surface area (Å²) in [5.74, 6) is -0.626. The second-order valence-corrected chi connectivity index (χ2v) is 8.99. The number of carbonyl (C=O) groups is 2. The molecule has 3 fully saturated rings. The number of rotatable bonds is 8. The number of nitrogens with zero attached hydrogens (tertiary/aromatic N) is 4. The van der Waals surface area contributed by atoms with Crippen LogP contribution < -0.4 is 10.1 Å². The Morgan fingerprint density at radius 3 is 2.75 bits per heavy atom. The normalized spacial score (nSPS) is 23.1. The van der Waals surface area contributed by atoms with Crippen molar-refractivity contribution in [3.63, 3.8) is 0 Å². The lowest BCUT2D eigenvalue weighted by Gasteiger charge is -2.70. The highest BCUT2D eigenvalue weighted by Crippen LogP contribution is 2.69. The van der Waals surface area contributed by atoms with E-state index in [-0.39, 0.29) is 40.0 Å². The van der Waals surface area contributed by atoms with E-state index < -0.39 is 5.82 Å². The number of ether oxygens (including phenoxy) is 1. The summed E-state index contributed by atoms with van der Waals surface area (Å²) >= 11 is 5.64. The highest BCUT2D eigenvalue weighted by atomic mass is 35.5. The highest BCUT2D eigenvalue weighted by molar-refractivity contribution is 6.30. The largest absolute Gasteiger partial charge is 0.486 e. The van der Waals surface area contributed by atoms with Crippen LogP contribution in [-0.2, 0) is 4.79 Å². The molecule has 10 heteroatoms. The second kappa shape index (κ2) is 7.67. The van der Waals surface area contributed by atoms with Gasteiger partial charge < -0.3 is 10.1 Å². The number of carbonyl (C=O) groups excluding carboxylic acids is 2. The van der Waals surface area contributed by atoms with Crippen LogP contribution in [-0.4, -0.2) is 43.6 Å². The molecule has 0 atom stereocenters. The van der Waals surface area contributed by atoms with Gasteiger partial charge in [-0.05, 0) is 48.9 Å². The fourth-order valence-corrected chi connectivity index (χ4v) is 4.97. The summed E-state index contributed by atoms with van der Waals surface area (Å²) in [4.78, 5) is 33.1. The number of ketones is 1. The molecule has 1 aromatic carbocycles. The summed E-state index contributed by atoms with van der Waals surface area (Å²) in [6.07, 6.45) is 7.14. The highest BCUT2D eigenvalue weighted by Gasteiger charge is 2.68. The Morgan fingerprint density at radius 2 is 2.03 bits per heavy atom. The van der Waals surface area contributed by atoms with Gasteiger partial charge in [-0.15, -0.1) is 0 Å². The molecule has 2 heterocycles. The molecule has 2 aromatic heterocycles. The number of pyridine rings is 1. The predicted molar refractivity (Wildman–Crippen MR) is 112 cm³/mol. The zero-order chi connectivity index (χ0) is 22.3. The molecule has 3 aliphatic rings. The topological polar surface area (TPSA) is 99.0 Å². The molecule has 0 saturated heterocycles. The molecule has 2 bridgehead atoms. The zero-order valence-electron chi connectivity index (χ0n) is 16.9. The zero-order valence-corrected chi connectivity index (χ0v) is 17.7. The lowest BCUT2D eigenvalue weighted by molar-refractivity contribution is -0.162. The summed E-state index contributed by atoms with van der Waals surface area (Å²) in [5.41, 5.74) is 0.636. The lowest BCUT2D eigenvalue weighted by Crippen LogP contribution is -2.75. The Labute approximate surface area is 187 Å². The van der Waals surface area contributed by atoms with Crippen LogP contribution in [0, 0.1) is 11.2 Å². The monoisotopic (exact) mass is 455 g/mol. The van der Waals surface area contributed by atoms with Crippen molar-refractivity contribution in [2.24, 2.45) is 5.41 Å². The van der Waals surface area contributed by atoms with Crippen molar-refractivity contribution in [2.45, 2.75) is 31.2 Å². The van der Waals surface area contributed by atoms with E-state index in [1.54, 1.807) is 29.3 Å². The second-order valence-electron chi connectivity index (χ2n) is 8.58. The Kier molecular flexibility index (Phi) is 4.93. The van der Waals surface area contributed by atoms with Gasteiger partial charge in [0.1, 0.15) is 36.5 Å². The summed E-state index contributed by atoms with van der Waals surface area (Å²) in [6.45, 7) is -0.124. The molecule has 0 unspecified atom stereocenters. The molecule has 3 aromatic rings. The molecule has 0 radical (unpaired) electrons. The standard InChI is InChI=1S/C22H19ClFN5O3/c23-17-2-1-16(6-18(17)24)32-8-15(30)7-21-9-22(10-21,11-21)28-20(31)19-5-14(3-4-26-19)29-13-25-12-27-29/h1-6,12-13H,7-11H2,(H,28,31). The van der Waals surface area contributed by atoms with Crippen LogP contribution in [0.15, 0.2) is 49.2 Å². The summed E-state index contributed by atoms with van der Waals surface area (Å²) < 4.78 is 20.4. The predicted octanol–water partition coefficient (Wildman–Crippen LogP) is 3.15. The molecular formula is C22H19ClFN5O3. The maximum Gasteiger partial charge on any atom is 0.270 e. The third kappa shape index (κ3) is 3.84. The number of amides is 1. The van der Waals surface area contributed by atoms with E-state index in [1.807, 2.05) is 0 Å². The van der Waals surface area contributed by atoms with E-state index in [9.17, 15) is 14.0 Å². The first kappa shape index (κ1) is 20.6. The lowest BCUT2D eigenvalue weighted by atomic mass is 9.38. The van der Waals surface area contributed by atoms with Crippen molar-refractivity contribution >= 4 is 23.3 Å². The van der Waals surface area contributed by atoms with Crippen LogP contribution in [0.5, 0.6) is 5.75 Å². The number of aromatic nitrogens is 4. The minimum absolute atomic E-state index is 0.00482. The van der Waals surface area contributed by atoms with Gasteiger partial charge in [0, 0.05) is 24.2 Å². The molecule has 1 amide bonds. The maximum absolute atomic E-state index is 13.5. The number of hydrogen-bond acceptors (Lipinski definition) is 6. The van der Waals surface area contributed by atoms with E-state index >= 15 is 0 Å². The molecule has 0 spiro atoms. The van der Waals surface area contributed by atoms with Crippen molar-refractivity contribution in [1.29, 1.82) is 0 Å². The quantitative estimate of drug-likeness (QED) is 0.560. The number of halogens is 2. The van der Waals surface area contributed by atoms with Gasteiger partial charge in [-0.3, -0.25) is 14.6 Å². The SMILES string of the molecule is O=C(COc1ccc(Cl)c(F)c1)CC12CC(NC(=O)c3cc(-n4cncn4)ccn3)(C1)C2. The van der Waals surface area contributed by atoms with Gasteiger partial charge in [-0.25, -0.2) is 14.1 Å². The Balaban J connectivity index is 1.12. The Bertz CT molecular complexity index is 1180. The average molecular weight is 456 g/mol. The van der Waals surface area contributed by atoms with E-state index in [2.05, 4.69) is 20.4 Å². The van der Waals surface area contributed by atoms with E-state index in [0.717, 1.165) is 25.3 Å². The number of Topliss-reactive ketones (excluding diaryl/α,β-unsaturated/α-hetero) is 1. The first-order valence-electron chi connectivity index (χ1n) is 10.1. The third-order valence-electron chi connectivity index (χ3n) is 6.04. The smallest absolute Gasteiger partial charge is 0.270 e. The molecule has 32 heavy (non-hydrogen) atoms. The van der Waals surface area contributed by atoms with E-state index in [0.29, 0.717) is 17.8 Å². The fourth-order valence-electron chi connectivity index (χ4n) is 4.85. The average Bonchev–Trinajstić information content (AvgIpc) is 3.27. The molecule has 1 N–H and O–H groups in total. The van der Waals surface area contributed by atoms with Crippen LogP contribution >= 0.6 is 11.6 Å². The van der Waals surface area contributed by atoms with Crippen molar-refractivity contribution in [2.75, 3.05) is 6.61 Å². The molecule has 3 aliphatic carbocycles. The van der Waals surface area contributed by atoms with E-state index in [1.165, 1.54) is 18.5 Å². The van der Waals surface area contributed by atoms with Gasteiger partial charge in [-0.1, -0.05) is 11.6 Å². The van der Waals surface area contributed by atoms with Crippen LogP contribution in [0.25, 0.3) is 5.69 Å². The first-order chi connectivity index (χ1) is 15.4. The summed E-state index contributed by atoms with van der Waals surface area (Å²) in [6, 6.07) is 7.48. The van der Waals surface area contributed by atoms with Gasteiger partial charge in [0.25, 0.3) is 5.91 Å². The molecule has 3 saturated carbocycles. The number of hydrogen-bond donors (Lipinski definition) is 1. The maximum atomic E-state index is 13.5. The van der Waals surface area contributed by atoms with Crippen molar-refractivity contribution in [1.82, 2.24) is 25.1 Å². The van der Waals surface area contributed by atoms with Crippen molar-refractivity contribution in [3.05, 3.63) is 65.7 Å².